The Morgan fingerprint density at radius 2 is 2.47 bits per heavy atom. The van der Waals surface area contributed by atoms with Crippen molar-refractivity contribution in [1.82, 2.24) is 4.98 Å². The van der Waals surface area contributed by atoms with Crippen molar-refractivity contribution in [1.29, 1.82) is 0 Å². The van der Waals surface area contributed by atoms with Gasteiger partial charge in [-0.25, -0.2) is 9.78 Å². The summed E-state index contributed by atoms with van der Waals surface area (Å²) in [7, 11) is 0. The minimum Gasteiger partial charge on any atom is -0.477 e. The van der Waals surface area contributed by atoms with Crippen LogP contribution in [0.1, 0.15) is 33.9 Å². The first-order valence-corrected chi connectivity index (χ1v) is 6.89. The summed E-state index contributed by atoms with van der Waals surface area (Å²) >= 11 is 2.85. The Labute approximate surface area is 107 Å². The summed E-state index contributed by atoms with van der Waals surface area (Å²) in [6, 6.07) is 4.27. The van der Waals surface area contributed by atoms with Crippen LogP contribution in [-0.4, -0.2) is 16.1 Å². The SMILES string of the molecule is CCC(Nc1ncc(C(=O)O)s1)c1cccs1. The number of nitrogens with one attached hydrogen (secondary N) is 1. The van der Waals surface area contributed by atoms with Crippen LogP contribution in [-0.2, 0) is 0 Å². The summed E-state index contributed by atoms with van der Waals surface area (Å²) in [5.74, 6) is -0.931. The Balaban J connectivity index is 2.10. The van der Waals surface area contributed by atoms with Gasteiger partial charge in [-0.3, -0.25) is 0 Å². The molecule has 0 aliphatic heterocycles. The van der Waals surface area contributed by atoms with Gasteiger partial charge in [0.05, 0.1) is 12.2 Å². The van der Waals surface area contributed by atoms with Crippen LogP contribution in [0.4, 0.5) is 5.13 Å². The molecular weight excluding hydrogens is 256 g/mol. The summed E-state index contributed by atoms with van der Waals surface area (Å²) in [5.41, 5.74) is 0. The fourth-order valence-electron chi connectivity index (χ4n) is 1.45. The molecule has 4 nitrogen and oxygen atoms in total. The Hall–Kier alpha value is -1.40. The molecule has 2 aromatic rings. The summed E-state index contributed by atoms with van der Waals surface area (Å²) in [4.78, 5) is 16.3. The van der Waals surface area contributed by atoms with Gasteiger partial charge in [0.15, 0.2) is 5.13 Å². The first-order valence-electron chi connectivity index (χ1n) is 5.19. The van der Waals surface area contributed by atoms with Gasteiger partial charge in [0.2, 0.25) is 0 Å². The van der Waals surface area contributed by atoms with E-state index < -0.39 is 5.97 Å². The zero-order valence-corrected chi connectivity index (χ0v) is 10.8. The zero-order valence-electron chi connectivity index (χ0n) is 9.21. The molecule has 0 saturated heterocycles. The average Bonchev–Trinajstić information content (AvgIpc) is 2.96. The third-order valence-corrected chi connectivity index (χ3v) is 4.21. The fraction of sp³-hybridized carbons (Fsp3) is 0.273. The lowest BCUT2D eigenvalue weighted by molar-refractivity contribution is 0.0702. The predicted molar refractivity (Wildman–Crippen MR) is 70.0 cm³/mol. The molecule has 0 amide bonds. The van der Waals surface area contributed by atoms with Crippen molar-refractivity contribution in [3.05, 3.63) is 33.5 Å². The first-order chi connectivity index (χ1) is 8.20. The van der Waals surface area contributed by atoms with Crippen LogP contribution < -0.4 is 5.32 Å². The van der Waals surface area contributed by atoms with Crippen molar-refractivity contribution in [2.45, 2.75) is 19.4 Å². The monoisotopic (exact) mass is 268 g/mol. The van der Waals surface area contributed by atoms with E-state index in [0.717, 1.165) is 17.8 Å². The molecule has 0 bridgehead atoms. The van der Waals surface area contributed by atoms with Crippen molar-refractivity contribution >= 4 is 33.8 Å². The number of aromatic carboxylic acids is 1. The number of thiophene rings is 1. The maximum Gasteiger partial charge on any atom is 0.347 e. The van der Waals surface area contributed by atoms with Crippen molar-refractivity contribution < 1.29 is 9.90 Å². The number of rotatable bonds is 5. The van der Waals surface area contributed by atoms with Crippen molar-refractivity contribution in [2.24, 2.45) is 0 Å². The van der Waals surface area contributed by atoms with Gasteiger partial charge in [0.25, 0.3) is 0 Å². The molecule has 0 aliphatic rings. The molecule has 0 radical (unpaired) electrons. The number of carbonyl (C=O) groups is 1. The molecule has 0 aromatic carbocycles. The van der Waals surface area contributed by atoms with Crippen LogP contribution in [0.2, 0.25) is 0 Å². The number of carboxylic acids is 1. The van der Waals surface area contributed by atoms with Crippen LogP contribution in [0.3, 0.4) is 0 Å². The molecule has 0 aliphatic carbocycles. The number of aromatic nitrogens is 1. The third kappa shape index (κ3) is 2.83. The highest BCUT2D eigenvalue weighted by Gasteiger charge is 2.14. The molecule has 17 heavy (non-hydrogen) atoms. The van der Waals surface area contributed by atoms with E-state index in [1.165, 1.54) is 11.1 Å². The van der Waals surface area contributed by atoms with E-state index >= 15 is 0 Å². The standard InChI is InChI=1S/C11H12N2O2S2/c1-2-7(8-4-3-5-16-8)13-11-12-6-9(17-11)10(14)15/h3-7H,2H2,1H3,(H,12,13)(H,14,15). The first kappa shape index (κ1) is 12.1. The van der Waals surface area contributed by atoms with E-state index in [9.17, 15) is 4.79 Å². The molecule has 1 atom stereocenters. The minimum absolute atomic E-state index is 0.197. The summed E-state index contributed by atoms with van der Waals surface area (Å²) < 4.78 is 0. The van der Waals surface area contributed by atoms with Crippen LogP contribution in [0.5, 0.6) is 0 Å². The molecule has 0 fully saturated rings. The highest BCUT2D eigenvalue weighted by molar-refractivity contribution is 7.17. The topological polar surface area (TPSA) is 62.2 Å². The highest BCUT2D eigenvalue weighted by atomic mass is 32.1. The fourth-order valence-corrected chi connectivity index (χ4v) is 3.02. The zero-order chi connectivity index (χ0) is 12.3. The molecule has 2 rings (SSSR count). The van der Waals surface area contributed by atoms with E-state index in [4.69, 9.17) is 5.11 Å². The molecular formula is C11H12N2O2S2. The molecule has 2 aromatic heterocycles. The molecule has 2 N–H and O–H groups in total. The Morgan fingerprint density at radius 3 is 3.00 bits per heavy atom. The number of nitrogens with zero attached hydrogens (tertiary/aromatic N) is 1. The lowest BCUT2D eigenvalue weighted by atomic mass is 10.2. The Kier molecular flexibility index (Phi) is 3.75. The van der Waals surface area contributed by atoms with Crippen LogP contribution in [0.25, 0.3) is 0 Å². The Morgan fingerprint density at radius 1 is 1.65 bits per heavy atom. The second-order valence-corrected chi connectivity index (χ2v) is 5.47. The van der Waals surface area contributed by atoms with Crippen LogP contribution in [0, 0.1) is 0 Å². The van der Waals surface area contributed by atoms with E-state index in [-0.39, 0.29) is 10.9 Å². The van der Waals surface area contributed by atoms with Crippen LogP contribution >= 0.6 is 22.7 Å². The highest BCUT2D eigenvalue weighted by Crippen LogP contribution is 2.28. The van der Waals surface area contributed by atoms with E-state index in [1.807, 2.05) is 11.4 Å². The molecule has 0 spiro atoms. The van der Waals surface area contributed by atoms with Crippen LogP contribution in [0.15, 0.2) is 23.7 Å². The van der Waals surface area contributed by atoms with Gasteiger partial charge in [0.1, 0.15) is 4.88 Å². The van der Waals surface area contributed by atoms with Crippen molar-refractivity contribution in [3.8, 4) is 0 Å². The minimum atomic E-state index is -0.931. The van der Waals surface area contributed by atoms with E-state index in [2.05, 4.69) is 23.3 Å². The predicted octanol–water partition coefficient (Wildman–Crippen LogP) is 3.47. The third-order valence-electron chi connectivity index (χ3n) is 2.31. The number of anilines is 1. The van der Waals surface area contributed by atoms with Gasteiger partial charge < -0.3 is 10.4 Å². The number of thiazole rings is 1. The molecule has 1 unspecified atom stereocenters. The van der Waals surface area contributed by atoms with E-state index in [0.29, 0.717) is 5.13 Å². The van der Waals surface area contributed by atoms with Gasteiger partial charge in [0, 0.05) is 4.88 Å². The number of hydrogen-bond donors (Lipinski definition) is 2. The summed E-state index contributed by atoms with van der Waals surface area (Å²) in [6.45, 7) is 2.09. The van der Waals surface area contributed by atoms with Gasteiger partial charge in [-0.2, -0.15) is 0 Å². The maximum atomic E-state index is 10.7. The molecule has 90 valence electrons. The lowest BCUT2D eigenvalue weighted by Gasteiger charge is -2.13. The smallest absolute Gasteiger partial charge is 0.347 e. The molecule has 6 heteroatoms. The normalized spacial score (nSPS) is 12.3. The van der Waals surface area contributed by atoms with Gasteiger partial charge in [-0.1, -0.05) is 24.3 Å². The Bertz CT molecular complexity index is 493. The second-order valence-electron chi connectivity index (χ2n) is 3.46. The van der Waals surface area contributed by atoms with E-state index in [1.54, 1.807) is 11.3 Å². The quantitative estimate of drug-likeness (QED) is 0.871. The summed E-state index contributed by atoms with van der Waals surface area (Å²) in [6.07, 6.45) is 2.32. The lowest BCUT2D eigenvalue weighted by Crippen LogP contribution is -2.07. The largest absolute Gasteiger partial charge is 0.477 e. The summed E-state index contributed by atoms with van der Waals surface area (Å²) in [5, 5.41) is 14.8. The number of hydrogen-bond acceptors (Lipinski definition) is 5. The molecule has 0 saturated carbocycles. The average molecular weight is 268 g/mol. The van der Waals surface area contributed by atoms with Gasteiger partial charge >= 0.3 is 5.97 Å². The maximum absolute atomic E-state index is 10.7. The molecule has 2 heterocycles. The van der Waals surface area contributed by atoms with Gasteiger partial charge in [-0.15, -0.1) is 11.3 Å². The van der Waals surface area contributed by atoms with Crippen molar-refractivity contribution in [2.75, 3.05) is 5.32 Å². The second kappa shape index (κ2) is 5.29. The van der Waals surface area contributed by atoms with Crippen molar-refractivity contribution in [3.63, 3.8) is 0 Å². The number of carboxylic acid groups (broad SMARTS) is 1. The van der Waals surface area contributed by atoms with Gasteiger partial charge in [-0.05, 0) is 17.9 Å².